The average molecular weight is 388 g/mol. The molecule has 0 fully saturated rings. The molecule has 2 aromatic carbocycles. The van der Waals surface area contributed by atoms with Crippen molar-refractivity contribution in [3.63, 3.8) is 0 Å². The molecule has 0 bridgehead atoms. The number of ether oxygens (including phenoxy) is 1. The van der Waals surface area contributed by atoms with Crippen LogP contribution in [0.5, 0.6) is 5.75 Å². The Labute approximate surface area is 162 Å². The number of halogens is 1. The van der Waals surface area contributed by atoms with Gasteiger partial charge in [-0.15, -0.1) is 0 Å². The zero-order valence-electron chi connectivity index (χ0n) is 15.5. The van der Waals surface area contributed by atoms with Crippen LogP contribution in [0, 0.1) is 0 Å². The summed E-state index contributed by atoms with van der Waals surface area (Å²) < 4.78 is 8.78. The van der Waals surface area contributed by atoms with Crippen LogP contribution in [0.3, 0.4) is 0 Å². The van der Waals surface area contributed by atoms with Crippen molar-refractivity contribution < 1.29 is 9.53 Å². The van der Waals surface area contributed by atoms with Crippen LogP contribution >= 0.6 is 11.6 Å². The molecule has 0 saturated carbocycles. The van der Waals surface area contributed by atoms with Crippen LogP contribution in [-0.2, 0) is 18.4 Å². The van der Waals surface area contributed by atoms with Crippen molar-refractivity contribution in [2.24, 2.45) is 7.05 Å². The van der Waals surface area contributed by atoms with Gasteiger partial charge in [0.1, 0.15) is 5.75 Å². The predicted molar refractivity (Wildman–Crippen MR) is 108 cm³/mol. The standard InChI is InChI=1S/C20H22ClN3O3/c1-13(2)27-18-9-8-14(12-15(18)21)22-19(25)10-11-24-17-7-5-4-6-16(17)23(3)20(24)26/h4-9,12-13H,10-11H2,1-3H3,(H,22,25). The summed E-state index contributed by atoms with van der Waals surface area (Å²) in [6.45, 7) is 4.14. The molecule has 3 aromatic rings. The van der Waals surface area contributed by atoms with Crippen molar-refractivity contribution in [2.75, 3.05) is 5.32 Å². The van der Waals surface area contributed by atoms with Gasteiger partial charge in [-0.05, 0) is 44.2 Å². The number of anilines is 1. The Morgan fingerprint density at radius 3 is 2.56 bits per heavy atom. The monoisotopic (exact) mass is 387 g/mol. The Morgan fingerprint density at radius 2 is 1.89 bits per heavy atom. The molecule has 142 valence electrons. The first-order chi connectivity index (χ1) is 12.9. The maximum Gasteiger partial charge on any atom is 0.328 e. The molecule has 1 N–H and O–H groups in total. The number of nitrogens with one attached hydrogen (secondary N) is 1. The van der Waals surface area contributed by atoms with Crippen molar-refractivity contribution in [3.8, 4) is 5.75 Å². The van der Waals surface area contributed by atoms with E-state index >= 15 is 0 Å². The molecular weight excluding hydrogens is 366 g/mol. The summed E-state index contributed by atoms with van der Waals surface area (Å²) in [5.74, 6) is 0.385. The molecule has 0 aliphatic rings. The molecule has 0 saturated heterocycles. The van der Waals surface area contributed by atoms with E-state index in [0.29, 0.717) is 23.0 Å². The summed E-state index contributed by atoms with van der Waals surface area (Å²) in [6.07, 6.45) is 0.192. The normalized spacial score (nSPS) is 11.1. The third-order valence-electron chi connectivity index (χ3n) is 4.19. The minimum absolute atomic E-state index is 0.0157. The van der Waals surface area contributed by atoms with E-state index in [0.717, 1.165) is 11.0 Å². The number of aromatic nitrogens is 2. The first-order valence-electron chi connectivity index (χ1n) is 8.77. The second-order valence-corrected chi connectivity index (χ2v) is 7.00. The van der Waals surface area contributed by atoms with Crippen LogP contribution in [-0.4, -0.2) is 21.1 Å². The lowest BCUT2D eigenvalue weighted by atomic mass is 10.2. The average Bonchev–Trinajstić information content (AvgIpc) is 2.86. The lowest BCUT2D eigenvalue weighted by molar-refractivity contribution is -0.116. The van der Waals surface area contributed by atoms with Gasteiger partial charge in [-0.3, -0.25) is 13.9 Å². The van der Waals surface area contributed by atoms with Crippen molar-refractivity contribution >= 4 is 34.2 Å². The van der Waals surface area contributed by atoms with Gasteiger partial charge in [-0.2, -0.15) is 0 Å². The summed E-state index contributed by atoms with van der Waals surface area (Å²) in [5.41, 5.74) is 2.11. The van der Waals surface area contributed by atoms with Gasteiger partial charge in [0, 0.05) is 25.7 Å². The maximum atomic E-state index is 12.4. The van der Waals surface area contributed by atoms with E-state index in [-0.39, 0.29) is 24.1 Å². The lowest BCUT2D eigenvalue weighted by Gasteiger charge is -2.13. The molecule has 0 unspecified atom stereocenters. The number of rotatable bonds is 6. The van der Waals surface area contributed by atoms with Gasteiger partial charge in [0.25, 0.3) is 0 Å². The number of fused-ring (bicyclic) bond motifs is 1. The van der Waals surface area contributed by atoms with Crippen molar-refractivity contribution in [1.29, 1.82) is 0 Å². The minimum Gasteiger partial charge on any atom is -0.489 e. The Kier molecular flexibility index (Phi) is 5.56. The molecular formula is C20H22ClN3O3. The number of hydrogen-bond donors (Lipinski definition) is 1. The van der Waals surface area contributed by atoms with Crippen LogP contribution in [0.25, 0.3) is 11.0 Å². The first-order valence-corrected chi connectivity index (χ1v) is 9.15. The van der Waals surface area contributed by atoms with E-state index in [1.807, 2.05) is 38.1 Å². The van der Waals surface area contributed by atoms with E-state index in [9.17, 15) is 9.59 Å². The van der Waals surface area contributed by atoms with Crippen molar-refractivity contribution in [1.82, 2.24) is 9.13 Å². The van der Waals surface area contributed by atoms with Crippen LogP contribution in [0.4, 0.5) is 5.69 Å². The largest absolute Gasteiger partial charge is 0.489 e. The second kappa shape index (κ2) is 7.88. The number of imidazole rings is 1. The van der Waals surface area contributed by atoms with Gasteiger partial charge in [-0.1, -0.05) is 23.7 Å². The number of benzene rings is 2. The van der Waals surface area contributed by atoms with Crippen LogP contribution in [0.1, 0.15) is 20.3 Å². The maximum absolute atomic E-state index is 12.4. The fourth-order valence-corrected chi connectivity index (χ4v) is 3.17. The summed E-state index contributed by atoms with van der Waals surface area (Å²) in [4.78, 5) is 24.7. The van der Waals surface area contributed by atoms with E-state index in [1.165, 1.54) is 0 Å². The third-order valence-corrected chi connectivity index (χ3v) is 4.49. The number of carbonyl (C=O) groups excluding carboxylic acids is 1. The number of amides is 1. The topological polar surface area (TPSA) is 65.3 Å². The number of aryl methyl sites for hydroxylation is 2. The van der Waals surface area contributed by atoms with Gasteiger partial charge >= 0.3 is 5.69 Å². The highest BCUT2D eigenvalue weighted by Gasteiger charge is 2.12. The molecule has 0 radical (unpaired) electrons. The Balaban J connectivity index is 1.68. The van der Waals surface area contributed by atoms with Gasteiger partial charge in [0.2, 0.25) is 5.91 Å². The Bertz CT molecular complexity index is 1040. The summed E-state index contributed by atoms with van der Waals surface area (Å²) in [5, 5.41) is 3.24. The number of carbonyl (C=O) groups is 1. The zero-order valence-corrected chi connectivity index (χ0v) is 16.3. The SMILES string of the molecule is CC(C)Oc1ccc(NC(=O)CCn2c(=O)n(C)c3ccccc32)cc1Cl. The molecule has 7 heteroatoms. The number of para-hydroxylation sites is 2. The molecule has 27 heavy (non-hydrogen) atoms. The minimum atomic E-state index is -0.191. The highest BCUT2D eigenvalue weighted by molar-refractivity contribution is 6.32. The Morgan fingerprint density at radius 1 is 1.19 bits per heavy atom. The molecule has 3 rings (SSSR count). The molecule has 6 nitrogen and oxygen atoms in total. The Hall–Kier alpha value is -2.73. The molecule has 1 heterocycles. The molecule has 1 amide bonds. The van der Waals surface area contributed by atoms with E-state index in [2.05, 4.69) is 5.32 Å². The smallest absolute Gasteiger partial charge is 0.328 e. The van der Waals surface area contributed by atoms with Crippen molar-refractivity contribution in [3.05, 3.63) is 58.0 Å². The summed E-state index contributed by atoms with van der Waals surface area (Å²) in [6, 6.07) is 12.6. The van der Waals surface area contributed by atoms with Crippen LogP contribution in [0.15, 0.2) is 47.3 Å². The fourth-order valence-electron chi connectivity index (χ4n) is 2.94. The molecule has 0 aliphatic carbocycles. The second-order valence-electron chi connectivity index (χ2n) is 6.59. The van der Waals surface area contributed by atoms with Gasteiger partial charge in [0.15, 0.2) is 0 Å². The van der Waals surface area contributed by atoms with Crippen LogP contribution in [0.2, 0.25) is 5.02 Å². The highest BCUT2D eigenvalue weighted by Crippen LogP contribution is 2.28. The van der Waals surface area contributed by atoms with E-state index in [1.54, 1.807) is 34.4 Å². The highest BCUT2D eigenvalue weighted by atomic mass is 35.5. The zero-order chi connectivity index (χ0) is 19.6. The van der Waals surface area contributed by atoms with Crippen LogP contribution < -0.4 is 15.7 Å². The fraction of sp³-hybridized carbons (Fsp3) is 0.300. The summed E-state index contributed by atoms with van der Waals surface area (Å²) in [7, 11) is 1.73. The van der Waals surface area contributed by atoms with Gasteiger partial charge in [-0.25, -0.2) is 4.79 Å². The first kappa shape index (κ1) is 19.0. The number of nitrogens with zero attached hydrogens (tertiary/aromatic N) is 2. The lowest BCUT2D eigenvalue weighted by Crippen LogP contribution is -2.24. The predicted octanol–water partition coefficient (Wildman–Crippen LogP) is 3.81. The number of hydrogen-bond acceptors (Lipinski definition) is 3. The van der Waals surface area contributed by atoms with E-state index < -0.39 is 0 Å². The van der Waals surface area contributed by atoms with E-state index in [4.69, 9.17) is 16.3 Å². The molecule has 0 aliphatic heterocycles. The molecule has 1 aromatic heterocycles. The molecule has 0 atom stereocenters. The molecule has 0 spiro atoms. The van der Waals surface area contributed by atoms with Gasteiger partial charge < -0.3 is 10.1 Å². The quantitative estimate of drug-likeness (QED) is 0.699. The third kappa shape index (κ3) is 4.17. The van der Waals surface area contributed by atoms with Crippen molar-refractivity contribution in [2.45, 2.75) is 32.9 Å². The van der Waals surface area contributed by atoms with Gasteiger partial charge in [0.05, 0.1) is 22.2 Å². The summed E-state index contributed by atoms with van der Waals surface area (Å²) >= 11 is 6.19.